The molecule has 0 saturated carbocycles. The fraction of sp³-hybridized carbons (Fsp3) is 0.474. The van der Waals surface area contributed by atoms with E-state index >= 15 is 0 Å². The van der Waals surface area contributed by atoms with E-state index in [1.807, 2.05) is 54.6 Å². The first kappa shape index (κ1) is 32.1. The Morgan fingerprint density at radius 1 is 0.660 bits per heavy atom. The number of benzene rings is 4. The molecule has 9 heteroatoms. The molecule has 9 nitrogen and oxygen atoms in total. The molecule has 3 aliphatic rings. The molecule has 0 amide bonds. The van der Waals surface area contributed by atoms with E-state index in [2.05, 4.69) is 34.6 Å². The molecule has 2 saturated heterocycles. The maximum absolute atomic E-state index is 11.7. The van der Waals surface area contributed by atoms with E-state index in [1.165, 1.54) is 0 Å². The van der Waals surface area contributed by atoms with Crippen molar-refractivity contribution >= 4 is 21.5 Å². The molecule has 3 aliphatic heterocycles. The molecule has 0 radical (unpaired) electrons. The Hall–Kier alpha value is -3.44. The van der Waals surface area contributed by atoms with Gasteiger partial charge in [0.2, 0.25) is 0 Å². The van der Waals surface area contributed by atoms with Crippen LogP contribution < -0.4 is 9.47 Å². The molecule has 0 bridgehead atoms. The van der Waals surface area contributed by atoms with Gasteiger partial charge in [0.15, 0.2) is 17.1 Å². The summed E-state index contributed by atoms with van der Waals surface area (Å²) in [5, 5.41) is 15.3. The molecule has 2 unspecified atom stereocenters. The summed E-state index contributed by atoms with van der Waals surface area (Å²) in [5.74, 6) is 0.0558. The van der Waals surface area contributed by atoms with Crippen molar-refractivity contribution in [1.29, 1.82) is 0 Å². The zero-order chi connectivity index (χ0) is 32.9. The largest absolute Gasteiger partial charge is 0.507 e. The lowest BCUT2D eigenvalue weighted by Gasteiger charge is -2.61. The van der Waals surface area contributed by atoms with Crippen LogP contribution in [0.4, 0.5) is 0 Å². The molecule has 7 rings (SSSR count). The van der Waals surface area contributed by atoms with Crippen LogP contribution in [-0.2, 0) is 34.5 Å². The smallest absolute Gasteiger partial charge is 0.262 e. The van der Waals surface area contributed by atoms with Gasteiger partial charge in [-0.05, 0) is 33.7 Å². The van der Waals surface area contributed by atoms with Gasteiger partial charge in [-0.25, -0.2) is 4.89 Å². The molecule has 47 heavy (non-hydrogen) atoms. The highest BCUT2D eigenvalue weighted by Crippen LogP contribution is 2.69. The molecule has 2 fully saturated rings. The van der Waals surface area contributed by atoms with E-state index in [4.69, 9.17) is 38.2 Å². The number of aromatic hydroxyl groups is 1. The maximum Gasteiger partial charge on any atom is 0.262 e. The van der Waals surface area contributed by atoms with Crippen LogP contribution in [0.15, 0.2) is 60.7 Å². The van der Waals surface area contributed by atoms with Crippen molar-refractivity contribution in [1.82, 2.24) is 0 Å². The summed E-state index contributed by atoms with van der Waals surface area (Å²) in [5.41, 5.74) is 0.770. The van der Waals surface area contributed by atoms with Crippen molar-refractivity contribution in [2.45, 2.75) is 46.0 Å². The van der Waals surface area contributed by atoms with Gasteiger partial charge in [-0.2, -0.15) is 4.89 Å². The third-order valence-corrected chi connectivity index (χ3v) is 9.71. The van der Waals surface area contributed by atoms with Gasteiger partial charge in [0.05, 0.1) is 46.2 Å². The minimum absolute atomic E-state index is 0.113. The summed E-state index contributed by atoms with van der Waals surface area (Å²) in [6.07, 6.45) is 0. The van der Waals surface area contributed by atoms with Crippen LogP contribution in [0.5, 0.6) is 17.2 Å². The monoisotopic (exact) mass is 644 g/mol. The second-order valence-electron chi connectivity index (χ2n) is 14.1. The lowest BCUT2D eigenvalue weighted by Crippen LogP contribution is -2.73. The highest BCUT2D eigenvalue weighted by Gasteiger charge is 2.81. The first-order valence-corrected chi connectivity index (χ1v) is 16.4. The molecule has 0 aromatic heterocycles. The predicted molar refractivity (Wildman–Crippen MR) is 178 cm³/mol. The average Bonchev–Trinajstić information content (AvgIpc) is 3.18. The molecule has 0 aliphatic carbocycles. The van der Waals surface area contributed by atoms with E-state index in [0.29, 0.717) is 69.9 Å². The summed E-state index contributed by atoms with van der Waals surface area (Å²) < 4.78 is 36.6. The van der Waals surface area contributed by atoms with Crippen molar-refractivity contribution in [3.63, 3.8) is 0 Å². The summed E-state index contributed by atoms with van der Waals surface area (Å²) in [6.45, 7) is 14.5. The van der Waals surface area contributed by atoms with E-state index in [9.17, 15) is 5.11 Å². The Balaban J connectivity index is 1.44. The van der Waals surface area contributed by atoms with E-state index in [1.54, 1.807) is 6.07 Å². The zero-order valence-electron chi connectivity index (χ0n) is 27.9. The number of ether oxygens (including phenoxy) is 6. The Kier molecular flexibility index (Phi) is 8.35. The Labute approximate surface area is 275 Å². The first-order valence-electron chi connectivity index (χ1n) is 16.4. The third kappa shape index (κ3) is 5.07. The Morgan fingerprint density at radius 3 is 2.00 bits per heavy atom. The minimum atomic E-state index is -1.14. The van der Waals surface area contributed by atoms with Crippen molar-refractivity contribution in [3.05, 3.63) is 66.2 Å². The molecule has 3 heterocycles. The van der Waals surface area contributed by atoms with Crippen LogP contribution in [0, 0.1) is 10.8 Å². The van der Waals surface area contributed by atoms with E-state index in [0.717, 1.165) is 32.7 Å². The van der Waals surface area contributed by atoms with Gasteiger partial charge in [-0.15, -0.1) is 0 Å². The molecule has 4 aromatic rings. The fourth-order valence-electron chi connectivity index (χ4n) is 7.87. The Morgan fingerprint density at radius 2 is 1.32 bits per heavy atom. The van der Waals surface area contributed by atoms with E-state index < -0.39 is 11.4 Å². The van der Waals surface area contributed by atoms with Gasteiger partial charge in [-0.1, -0.05) is 83.1 Å². The average molecular weight is 645 g/mol. The molecule has 250 valence electrons. The lowest BCUT2D eigenvalue weighted by molar-refractivity contribution is -0.626. The molecular weight excluding hydrogens is 600 g/mol. The number of phenolic OH excluding ortho intramolecular Hbond substituents is 1. The molecule has 2 atom stereocenters. The topological polar surface area (TPSA) is 94.1 Å². The number of fused-ring (bicyclic) bond motifs is 4. The SMILES string of the molecule is CC(C)(C)C12OOC1(c1cccc3c(-c4c5c(cc6ccccc46)OCCOCCOCCOCCO5)c(O)ccc13)OCC2(C)C. The predicted octanol–water partition coefficient (Wildman–Crippen LogP) is 7.14. The fourth-order valence-corrected chi connectivity index (χ4v) is 7.87. The van der Waals surface area contributed by atoms with Crippen LogP contribution in [0.25, 0.3) is 32.7 Å². The standard InChI is InChI=1S/C38H44O9/c1-35(2,3)38-36(4,5)24-45-37(38,46-47-38)29-12-8-11-28-27(29)13-14-30(39)32(28)33-26-10-7-6-9-25(26)23-31-34(33)44-22-20-42-18-16-40-15-17-41-19-21-43-31/h6-14,23,39H,15-22,24H2,1-5H3. The van der Waals surface area contributed by atoms with Crippen molar-refractivity contribution < 1.29 is 43.3 Å². The summed E-state index contributed by atoms with van der Waals surface area (Å²) in [4.78, 5) is 12.2. The van der Waals surface area contributed by atoms with Crippen LogP contribution in [0.1, 0.15) is 40.2 Å². The second kappa shape index (κ2) is 12.2. The van der Waals surface area contributed by atoms with Crippen molar-refractivity contribution in [2.75, 3.05) is 59.5 Å². The van der Waals surface area contributed by atoms with Crippen LogP contribution in [0.3, 0.4) is 0 Å². The number of hydrogen-bond donors (Lipinski definition) is 1. The van der Waals surface area contributed by atoms with E-state index in [-0.39, 0.29) is 23.2 Å². The molecule has 4 aromatic carbocycles. The maximum atomic E-state index is 11.7. The first-order chi connectivity index (χ1) is 22.6. The van der Waals surface area contributed by atoms with Crippen molar-refractivity contribution in [3.8, 4) is 28.4 Å². The van der Waals surface area contributed by atoms with Gasteiger partial charge in [-0.3, -0.25) is 0 Å². The summed E-state index contributed by atoms with van der Waals surface area (Å²) in [6, 6.07) is 19.7. The minimum Gasteiger partial charge on any atom is -0.507 e. The van der Waals surface area contributed by atoms with Crippen LogP contribution in [0.2, 0.25) is 0 Å². The molecular formula is C38H44O9. The van der Waals surface area contributed by atoms with Crippen LogP contribution in [-0.4, -0.2) is 70.2 Å². The second-order valence-corrected chi connectivity index (χ2v) is 14.1. The van der Waals surface area contributed by atoms with Gasteiger partial charge in [0, 0.05) is 27.5 Å². The third-order valence-electron chi connectivity index (χ3n) is 9.71. The highest BCUT2D eigenvalue weighted by molar-refractivity contribution is 6.11. The van der Waals surface area contributed by atoms with Gasteiger partial charge >= 0.3 is 0 Å². The van der Waals surface area contributed by atoms with Gasteiger partial charge in [0.25, 0.3) is 5.79 Å². The number of hydrogen-bond acceptors (Lipinski definition) is 9. The highest BCUT2D eigenvalue weighted by atomic mass is 17.3. The zero-order valence-corrected chi connectivity index (χ0v) is 27.9. The Bertz CT molecular complexity index is 1780. The quantitative estimate of drug-likeness (QED) is 0.229. The normalized spacial score (nSPS) is 25.5. The molecule has 1 N–H and O–H groups in total. The summed E-state index contributed by atoms with van der Waals surface area (Å²) >= 11 is 0. The van der Waals surface area contributed by atoms with Crippen LogP contribution >= 0.6 is 0 Å². The number of phenols is 1. The van der Waals surface area contributed by atoms with Crippen molar-refractivity contribution in [2.24, 2.45) is 10.8 Å². The van der Waals surface area contributed by atoms with Gasteiger partial charge in [0.1, 0.15) is 19.0 Å². The molecule has 0 spiro atoms. The van der Waals surface area contributed by atoms with Gasteiger partial charge < -0.3 is 33.5 Å². The number of rotatable bonds is 2. The summed E-state index contributed by atoms with van der Waals surface area (Å²) in [7, 11) is 0. The lowest BCUT2D eigenvalue weighted by atomic mass is 9.57.